The summed E-state index contributed by atoms with van der Waals surface area (Å²) < 4.78 is 6.67. The lowest BCUT2D eigenvalue weighted by molar-refractivity contribution is 0.374. The van der Waals surface area contributed by atoms with Gasteiger partial charge in [0.15, 0.2) is 5.82 Å². The summed E-state index contributed by atoms with van der Waals surface area (Å²) in [6, 6.07) is 0. The lowest BCUT2D eigenvalue weighted by Gasteiger charge is -1.92. The van der Waals surface area contributed by atoms with Crippen LogP contribution in [0.2, 0.25) is 0 Å². The minimum atomic E-state index is 0.471. The van der Waals surface area contributed by atoms with E-state index in [4.69, 9.17) is 16.1 Å². The molecule has 0 bridgehead atoms. The fourth-order valence-electron chi connectivity index (χ4n) is 1.27. The second-order valence-corrected chi connectivity index (χ2v) is 3.68. The summed E-state index contributed by atoms with van der Waals surface area (Å²) >= 11 is 5.61. The maximum atomic E-state index is 5.61. The van der Waals surface area contributed by atoms with Gasteiger partial charge >= 0.3 is 0 Å². The average molecular weight is 242 g/mol. The van der Waals surface area contributed by atoms with Gasteiger partial charge < -0.3 is 4.52 Å². The molecule has 0 aliphatic rings. The number of hydrogen-bond donors (Lipinski definition) is 0. The zero-order valence-electron chi connectivity index (χ0n) is 8.93. The maximum absolute atomic E-state index is 5.61. The van der Waals surface area contributed by atoms with Crippen molar-refractivity contribution < 1.29 is 4.52 Å². The van der Waals surface area contributed by atoms with E-state index in [-0.39, 0.29) is 0 Å². The van der Waals surface area contributed by atoms with E-state index in [0.29, 0.717) is 30.6 Å². The molecule has 0 saturated heterocycles. The van der Waals surface area contributed by atoms with Crippen molar-refractivity contribution in [1.82, 2.24) is 25.1 Å². The van der Waals surface area contributed by atoms with Gasteiger partial charge in [-0.15, -0.1) is 16.7 Å². The topological polar surface area (TPSA) is 69.6 Å². The van der Waals surface area contributed by atoms with Gasteiger partial charge in [-0.25, -0.2) is 4.68 Å². The first-order chi connectivity index (χ1) is 7.81. The zero-order valence-corrected chi connectivity index (χ0v) is 9.68. The molecule has 0 saturated carbocycles. The molecule has 6 nitrogen and oxygen atoms in total. The van der Waals surface area contributed by atoms with Crippen LogP contribution in [-0.2, 0) is 19.4 Å². The Labute approximate surface area is 97.6 Å². The third-order valence-electron chi connectivity index (χ3n) is 2.05. The standard InChI is InChI=1S/C9H12ClN5O/c1-2-9-11-8(13-16-9)6-15-5-7(3-4-10)12-14-15/h5H,2-4,6H2,1H3. The van der Waals surface area contributed by atoms with Crippen LogP contribution in [-0.4, -0.2) is 31.0 Å². The van der Waals surface area contributed by atoms with Crippen LogP contribution in [0.5, 0.6) is 0 Å². The van der Waals surface area contributed by atoms with Gasteiger partial charge in [-0.3, -0.25) is 0 Å². The molecule has 0 N–H and O–H groups in total. The van der Waals surface area contributed by atoms with Crippen LogP contribution < -0.4 is 0 Å². The van der Waals surface area contributed by atoms with Crippen molar-refractivity contribution in [2.45, 2.75) is 26.3 Å². The Morgan fingerprint density at radius 2 is 2.38 bits per heavy atom. The number of rotatable bonds is 5. The normalized spacial score (nSPS) is 10.9. The van der Waals surface area contributed by atoms with Crippen molar-refractivity contribution in [1.29, 1.82) is 0 Å². The van der Waals surface area contributed by atoms with Gasteiger partial charge in [-0.1, -0.05) is 17.3 Å². The summed E-state index contributed by atoms with van der Waals surface area (Å²) in [6.07, 6.45) is 3.29. The first kappa shape index (κ1) is 11.1. The van der Waals surface area contributed by atoms with Gasteiger partial charge in [-0.2, -0.15) is 4.98 Å². The van der Waals surface area contributed by atoms with E-state index >= 15 is 0 Å². The number of alkyl halides is 1. The SMILES string of the molecule is CCc1nc(Cn2cc(CCCl)nn2)no1. The Morgan fingerprint density at radius 1 is 1.50 bits per heavy atom. The molecule has 16 heavy (non-hydrogen) atoms. The van der Waals surface area contributed by atoms with E-state index in [1.54, 1.807) is 4.68 Å². The van der Waals surface area contributed by atoms with Crippen LogP contribution in [0.4, 0.5) is 0 Å². The minimum absolute atomic E-state index is 0.471. The van der Waals surface area contributed by atoms with Gasteiger partial charge in [0.05, 0.1) is 5.69 Å². The number of aryl methyl sites for hydroxylation is 2. The van der Waals surface area contributed by atoms with Crippen molar-refractivity contribution in [2.24, 2.45) is 0 Å². The Hall–Kier alpha value is -1.43. The highest BCUT2D eigenvalue weighted by Gasteiger charge is 2.06. The van der Waals surface area contributed by atoms with E-state index in [9.17, 15) is 0 Å². The predicted octanol–water partition coefficient (Wildman–Crippen LogP) is 1.05. The van der Waals surface area contributed by atoms with Gasteiger partial charge in [0, 0.05) is 24.9 Å². The molecule has 2 rings (SSSR count). The molecule has 0 radical (unpaired) electrons. The van der Waals surface area contributed by atoms with Gasteiger partial charge in [0.25, 0.3) is 0 Å². The first-order valence-corrected chi connectivity index (χ1v) is 5.61. The molecule has 0 amide bonds. The molecular weight excluding hydrogens is 230 g/mol. The van der Waals surface area contributed by atoms with E-state index in [0.717, 1.165) is 12.1 Å². The van der Waals surface area contributed by atoms with Crippen LogP contribution >= 0.6 is 11.6 Å². The summed E-state index contributed by atoms with van der Waals surface area (Å²) in [7, 11) is 0. The highest BCUT2D eigenvalue weighted by Crippen LogP contribution is 2.01. The van der Waals surface area contributed by atoms with E-state index in [1.807, 2.05) is 13.1 Å². The maximum Gasteiger partial charge on any atom is 0.226 e. The second-order valence-electron chi connectivity index (χ2n) is 3.30. The molecule has 0 aliphatic carbocycles. The van der Waals surface area contributed by atoms with Crippen molar-refractivity contribution in [3.8, 4) is 0 Å². The third kappa shape index (κ3) is 2.57. The van der Waals surface area contributed by atoms with Gasteiger partial charge in [0.1, 0.15) is 6.54 Å². The summed E-state index contributed by atoms with van der Waals surface area (Å²) in [5.74, 6) is 1.79. The second kappa shape index (κ2) is 5.07. The summed E-state index contributed by atoms with van der Waals surface area (Å²) in [5.41, 5.74) is 0.870. The van der Waals surface area contributed by atoms with E-state index in [1.165, 1.54) is 0 Å². The van der Waals surface area contributed by atoms with Gasteiger partial charge in [-0.05, 0) is 0 Å². The molecule has 2 aromatic rings. The Balaban J connectivity index is 2.02. The third-order valence-corrected chi connectivity index (χ3v) is 2.24. The highest BCUT2D eigenvalue weighted by molar-refractivity contribution is 6.17. The lowest BCUT2D eigenvalue weighted by atomic mass is 10.4. The summed E-state index contributed by atoms with van der Waals surface area (Å²) in [4.78, 5) is 4.19. The van der Waals surface area contributed by atoms with Crippen molar-refractivity contribution in [2.75, 3.05) is 5.88 Å². The molecule has 0 atom stereocenters. The lowest BCUT2D eigenvalue weighted by Crippen LogP contribution is -2.02. The molecule has 0 aliphatic heterocycles. The fourth-order valence-corrected chi connectivity index (χ4v) is 1.46. The smallest absolute Gasteiger partial charge is 0.226 e. The zero-order chi connectivity index (χ0) is 11.4. The van der Waals surface area contributed by atoms with Crippen LogP contribution in [0, 0.1) is 0 Å². The van der Waals surface area contributed by atoms with Crippen molar-refractivity contribution in [3.05, 3.63) is 23.6 Å². The van der Waals surface area contributed by atoms with Crippen LogP contribution in [0.15, 0.2) is 10.7 Å². The fraction of sp³-hybridized carbons (Fsp3) is 0.556. The van der Waals surface area contributed by atoms with E-state index < -0.39 is 0 Å². The number of nitrogens with zero attached hydrogens (tertiary/aromatic N) is 5. The molecule has 0 fully saturated rings. The Kier molecular flexibility index (Phi) is 3.51. The molecule has 0 spiro atoms. The minimum Gasteiger partial charge on any atom is -0.339 e. The van der Waals surface area contributed by atoms with Crippen LogP contribution in [0.3, 0.4) is 0 Å². The molecular formula is C9H12ClN5O. The van der Waals surface area contributed by atoms with Crippen molar-refractivity contribution in [3.63, 3.8) is 0 Å². The quantitative estimate of drug-likeness (QED) is 0.732. The first-order valence-electron chi connectivity index (χ1n) is 5.08. The summed E-state index contributed by atoms with van der Waals surface area (Å²) in [6.45, 7) is 2.43. The van der Waals surface area contributed by atoms with Crippen LogP contribution in [0.25, 0.3) is 0 Å². The number of aromatic nitrogens is 5. The van der Waals surface area contributed by atoms with Gasteiger partial charge in [0.2, 0.25) is 5.89 Å². The van der Waals surface area contributed by atoms with Crippen molar-refractivity contribution >= 4 is 11.6 Å². The Morgan fingerprint density at radius 3 is 3.06 bits per heavy atom. The monoisotopic (exact) mass is 241 g/mol. The number of hydrogen-bond acceptors (Lipinski definition) is 5. The van der Waals surface area contributed by atoms with Crippen LogP contribution in [0.1, 0.15) is 24.3 Å². The number of halogens is 1. The molecule has 86 valence electrons. The molecule has 2 heterocycles. The molecule has 7 heteroatoms. The largest absolute Gasteiger partial charge is 0.339 e. The van der Waals surface area contributed by atoms with E-state index in [2.05, 4.69) is 20.5 Å². The molecule has 2 aromatic heterocycles. The summed E-state index contributed by atoms with van der Waals surface area (Å²) in [5, 5.41) is 11.8. The Bertz CT molecular complexity index is 452. The molecule has 0 aromatic carbocycles. The highest BCUT2D eigenvalue weighted by atomic mass is 35.5. The predicted molar refractivity (Wildman–Crippen MR) is 57.2 cm³/mol. The molecule has 0 unspecified atom stereocenters. The average Bonchev–Trinajstić information content (AvgIpc) is 2.89.